The summed E-state index contributed by atoms with van der Waals surface area (Å²) in [6, 6.07) is 0.775. The molecule has 21 heavy (non-hydrogen) atoms. The third-order valence-electron chi connectivity index (χ3n) is 2.22. The number of carbonyl (C=O) groups excluding carboxylic acids is 3. The molecule has 0 radical (unpaired) electrons. The van der Waals surface area contributed by atoms with Crippen LogP contribution in [0.2, 0.25) is 0 Å². The first-order valence-electron chi connectivity index (χ1n) is 5.57. The number of amides is 3. The highest BCUT2D eigenvalue weighted by Crippen LogP contribution is 2.35. The number of ketones is 1. The maximum absolute atomic E-state index is 13.4. The van der Waals surface area contributed by atoms with Gasteiger partial charge in [0, 0.05) is 0 Å². The Labute approximate surface area is 116 Å². The van der Waals surface area contributed by atoms with Crippen LogP contribution in [-0.4, -0.2) is 17.7 Å². The minimum atomic E-state index is -4.88. The summed E-state index contributed by atoms with van der Waals surface area (Å²) in [6.07, 6.45) is -5.50. The van der Waals surface area contributed by atoms with E-state index in [1.165, 1.54) is 0 Å². The number of para-hydroxylation sites is 1. The van der Waals surface area contributed by atoms with Crippen molar-refractivity contribution in [3.05, 3.63) is 29.6 Å². The van der Waals surface area contributed by atoms with E-state index in [2.05, 4.69) is 0 Å². The first kappa shape index (κ1) is 16.6. The Bertz CT molecular complexity index is 584. The summed E-state index contributed by atoms with van der Waals surface area (Å²) in [5.74, 6) is -2.86. The van der Waals surface area contributed by atoms with Crippen molar-refractivity contribution in [2.24, 2.45) is 0 Å². The molecule has 0 fully saturated rings. The molecule has 2 N–H and O–H groups in total. The van der Waals surface area contributed by atoms with Crippen molar-refractivity contribution in [3.8, 4) is 0 Å². The van der Waals surface area contributed by atoms with E-state index < -0.39 is 47.4 Å². The van der Waals surface area contributed by atoms with Crippen molar-refractivity contribution in [2.45, 2.75) is 19.5 Å². The van der Waals surface area contributed by atoms with Crippen molar-refractivity contribution in [1.82, 2.24) is 5.32 Å². The lowest BCUT2D eigenvalue weighted by atomic mass is 10.1. The molecule has 0 aliphatic rings. The highest BCUT2D eigenvalue weighted by atomic mass is 19.4. The number of rotatable bonds is 3. The quantitative estimate of drug-likeness (QED) is 0.665. The monoisotopic (exact) mass is 306 g/mol. The second kappa shape index (κ2) is 6.33. The van der Waals surface area contributed by atoms with Gasteiger partial charge in [0.15, 0.2) is 0 Å². The van der Waals surface area contributed by atoms with E-state index in [1.807, 2.05) is 0 Å². The summed E-state index contributed by atoms with van der Waals surface area (Å²) >= 11 is 0. The maximum atomic E-state index is 13.4. The number of hydrogen-bond donors (Lipinski definition) is 2. The van der Waals surface area contributed by atoms with Gasteiger partial charge in [0.1, 0.15) is 11.6 Å². The third kappa shape index (κ3) is 4.86. The van der Waals surface area contributed by atoms with Gasteiger partial charge in [-0.3, -0.25) is 14.9 Å². The number of nitrogens with one attached hydrogen (secondary N) is 2. The van der Waals surface area contributed by atoms with E-state index in [4.69, 9.17) is 0 Å². The summed E-state index contributed by atoms with van der Waals surface area (Å²) in [5.41, 5.74) is -2.49. The van der Waals surface area contributed by atoms with E-state index in [-0.39, 0.29) is 0 Å². The summed E-state index contributed by atoms with van der Waals surface area (Å²) in [6.45, 7) is 1.09. The molecular weight excluding hydrogens is 296 g/mol. The lowest BCUT2D eigenvalue weighted by Crippen LogP contribution is -2.36. The van der Waals surface area contributed by atoms with E-state index >= 15 is 0 Å². The van der Waals surface area contributed by atoms with Gasteiger partial charge in [-0.05, 0) is 19.1 Å². The number of halogens is 4. The molecule has 1 aromatic carbocycles. The molecule has 0 saturated heterocycles. The number of alkyl halides is 3. The SMILES string of the molecule is CC(=O)CC(=O)NC(=O)Nc1c(F)cccc1C(F)(F)F. The largest absolute Gasteiger partial charge is 0.418 e. The van der Waals surface area contributed by atoms with Crippen molar-refractivity contribution < 1.29 is 31.9 Å². The van der Waals surface area contributed by atoms with Crippen molar-refractivity contribution >= 4 is 23.4 Å². The number of imide groups is 1. The van der Waals surface area contributed by atoms with Crippen LogP contribution in [0.1, 0.15) is 18.9 Å². The van der Waals surface area contributed by atoms with Gasteiger partial charge in [0.2, 0.25) is 5.91 Å². The molecule has 114 valence electrons. The maximum Gasteiger partial charge on any atom is 0.418 e. The Kier molecular flexibility index (Phi) is 5.01. The van der Waals surface area contributed by atoms with Gasteiger partial charge in [-0.2, -0.15) is 13.2 Å². The number of benzene rings is 1. The fraction of sp³-hybridized carbons (Fsp3) is 0.250. The standard InChI is InChI=1S/C12H10F4N2O3/c1-6(19)5-9(20)17-11(21)18-10-7(12(14,15)16)3-2-4-8(10)13/h2-4H,5H2,1H3,(H2,17,18,20,21). The highest BCUT2D eigenvalue weighted by molar-refractivity contribution is 6.07. The van der Waals surface area contributed by atoms with Gasteiger partial charge in [0.05, 0.1) is 17.7 Å². The molecule has 0 aliphatic carbocycles. The molecule has 0 aliphatic heterocycles. The van der Waals surface area contributed by atoms with Crippen LogP contribution in [-0.2, 0) is 15.8 Å². The molecular formula is C12H10F4N2O3. The Morgan fingerprint density at radius 1 is 1.19 bits per heavy atom. The predicted molar refractivity (Wildman–Crippen MR) is 63.9 cm³/mol. The molecule has 9 heteroatoms. The Morgan fingerprint density at radius 2 is 1.81 bits per heavy atom. The number of hydrogen-bond acceptors (Lipinski definition) is 3. The van der Waals surface area contributed by atoms with E-state index in [0.717, 1.165) is 19.1 Å². The lowest BCUT2D eigenvalue weighted by molar-refractivity contribution is -0.137. The average Bonchev–Trinajstić information content (AvgIpc) is 2.28. The number of Topliss-reactive ketones (excluding diaryl/α,β-unsaturated/α-hetero) is 1. The van der Waals surface area contributed by atoms with Crippen LogP contribution in [0.3, 0.4) is 0 Å². The van der Waals surface area contributed by atoms with Crippen LogP contribution in [0.15, 0.2) is 18.2 Å². The van der Waals surface area contributed by atoms with Gasteiger partial charge in [0.25, 0.3) is 0 Å². The van der Waals surface area contributed by atoms with Crippen LogP contribution in [0.25, 0.3) is 0 Å². The van der Waals surface area contributed by atoms with Crippen molar-refractivity contribution in [2.75, 3.05) is 5.32 Å². The topological polar surface area (TPSA) is 75.3 Å². The molecule has 0 aromatic heterocycles. The van der Waals surface area contributed by atoms with Gasteiger partial charge in [-0.25, -0.2) is 9.18 Å². The minimum Gasteiger partial charge on any atom is -0.304 e. The second-order valence-corrected chi connectivity index (χ2v) is 4.04. The van der Waals surface area contributed by atoms with Gasteiger partial charge < -0.3 is 5.32 Å². The highest BCUT2D eigenvalue weighted by Gasteiger charge is 2.35. The molecule has 0 bridgehead atoms. The Morgan fingerprint density at radius 3 is 2.33 bits per heavy atom. The van der Waals surface area contributed by atoms with Crippen LogP contribution in [0.5, 0.6) is 0 Å². The van der Waals surface area contributed by atoms with E-state index in [1.54, 1.807) is 10.6 Å². The average molecular weight is 306 g/mol. The fourth-order valence-electron chi connectivity index (χ4n) is 1.43. The molecule has 0 spiro atoms. The summed E-state index contributed by atoms with van der Waals surface area (Å²) < 4.78 is 51.4. The predicted octanol–water partition coefficient (Wildman–Crippen LogP) is 2.47. The first-order chi connectivity index (χ1) is 9.61. The van der Waals surface area contributed by atoms with Crippen LogP contribution in [0, 0.1) is 5.82 Å². The van der Waals surface area contributed by atoms with Crippen LogP contribution >= 0.6 is 0 Å². The normalized spacial score (nSPS) is 10.9. The van der Waals surface area contributed by atoms with Gasteiger partial charge in [-0.1, -0.05) is 6.07 Å². The number of anilines is 1. The molecule has 0 atom stereocenters. The van der Waals surface area contributed by atoms with Crippen molar-refractivity contribution in [1.29, 1.82) is 0 Å². The molecule has 0 unspecified atom stereocenters. The molecule has 3 amide bonds. The number of carbonyl (C=O) groups is 3. The molecule has 5 nitrogen and oxygen atoms in total. The number of urea groups is 1. The van der Waals surface area contributed by atoms with E-state index in [9.17, 15) is 31.9 Å². The zero-order valence-corrected chi connectivity index (χ0v) is 10.7. The fourth-order valence-corrected chi connectivity index (χ4v) is 1.43. The summed E-state index contributed by atoms with van der Waals surface area (Å²) in [7, 11) is 0. The Hall–Kier alpha value is -2.45. The molecule has 1 aromatic rings. The lowest BCUT2D eigenvalue weighted by Gasteiger charge is -2.14. The minimum absolute atomic E-state index is 0.540. The zero-order valence-electron chi connectivity index (χ0n) is 10.7. The Balaban J connectivity index is 2.90. The van der Waals surface area contributed by atoms with Crippen LogP contribution < -0.4 is 10.6 Å². The summed E-state index contributed by atoms with van der Waals surface area (Å²) in [4.78, 5) is 33.1. The molecule has 1 rings (SSSR count). The summed E-state index contributed by atoms with van der Waals surface area (Å²) in [5, 5.41) is 3.23. The molecule has 0 saturated carbocycles. The zero-order chi connectivity index (χ0) is 16.2. The molecule has 0 heterocycles. The van der Waals surface area contributed by atoms with Crippen molar-refractivity contribution in [3.63, 3.8) is 0 Å². The van der Waals surface area contributed by atoms with Gasteiger partial charge >= 0.3 is 12.2 Å². The smallest absolute Gasteiger partial charge is 0.304 e. The van der Waals surface area contributed by atoms with Crippen LogP contribution in [0.4, 0.5) is 28.0 Å². The van der Waals surface area contributed by atoms with Gasteiger partial charge in [-0.15, -0.1) is 0 Å². The third-order valence-corrected chi connectivity index (χ3v) is 2.22. The first-order valence-corrected chi connectivity index (χ1v) is 5.57. The van der Waals surface area contributed by atoms with E-state index in [0.29, 0.717) is 6.07 Å². The second-order valence-electron chi connectivity index (χ2n) is 4.04.